The van der Waals surface area contributed by atoms with Crippen molar-refractivity contribution in [3.8, 4) is 56.9 Å². The minimum atomic E-state index is -4.46. The Kier molecular flexibility index (Phi) is 36.0. The first-order valence-electron chi connectivity index (χ1n) is 42.8. The van der Waals surface area contributed by atoms with E-state index in [-0.39, 0.29) is 75.4 Å². The predicted molar refractivity (Wildman–Crippen MR) is 499 cm³/mol. The topological polar surface area (TPSA) is 420 Å². The summed E-state index contributed by atoms with van der Waals surface area (Å²) in [7, 11) is -2.06. The summed E-state index contributed by atoms with van der Waals surface area (Å²) in [6.45, 7) is 13.2. The van der Waals surface area contributed by atoms with Gasteiger partial charge >= 0.3 is 30.9 Å². The average molecular weight is 2010 g/mol. The monoisotopic (exact) mass is 2010 g/mol. The quantitative estimate of drug-likeness (QED) is 0.0121. The molecule has 2 fully saturated rings. The molecule has 35 nitrogen and oxygen atoms in total. The van der Waals surface area contributed by atoms with Crippen LogP contribution in [0.1, 0.15) is 105 Å². The number of rotatable bonds is 24. The summed E-state index contributed by atoms with van der Waals surface area (Å²) < 4.78 is 213. The van der Waals surface area contributed by atoms with Crippen LogP contribution in [0.2, 0.25) is 0 Å². The van der Waals surface area contributed by atoms with Crippen LogP contribution in [0.4, 0.5) is 77.4 Å². The van der Waals surface area contributed by atoms with Crippen LogP contribution in [-0.2, 0) is 70.9 Å². The molecule has 5 aromatic carbocycles. The molecule has 2 saturated heterocycles. The molecule has 0 radical (unpaired) electrons. The first-order chi connectivity index (χ1) is 67.5. The Bertz CT molecular complexity index is 6700. The van der Waals surface area contributed by atoms with Crippen molar-refractivity contribution in [3.63, 3.8) is 0 Å². The van der Waals surface area contributed by atoms with Crippen molar-refractivity contribution in [3.05, 3.63) is 275 Å². The van der Waals surface area contributed by atoms with E-state index in [4.69, 9.17) is 0 Å². The minimum Gasteiger partial charge on any atom is -0.347 e. The smallest absolute Gasteiger partial charge is 0.347 e. The lowest BCUT2D eigenvalue weighted by Gasteiger charge is -2.19. The zero-order valence-electron chi connectivity index (χ0n) is 76.7. The van der Waals surface area contributed by atoms with Crippen molar-refractivity contribution < 1.29 is 94.0 Å². The Balaban J connectivity index is 0.000000171. The molecule has 10 heterocycles. The molecule has 8 aromatic heterocycles. The minimum absolute atomic E-state index is 0.0977. The molecule has 0 aliphatic carbocycles. The first kappa shape index (κ1) is 107. The van der Waals surface area contributed by atoms with Gasteiger partial charge in [0.25, 0.3) is 23.6 Å². The molecule has 13 aromatic rings. The van der Waals surface area contributed by atoms with Crippen LogP contribution in [0, 0.1) is 48.5 Å². The van der Waals surface area contributed by atoms with Crippen LogP contribution in [0.5, 0.6) is 0 Å². The molecule has 750 valence electrons. The number of aryl methyl sites for hydroxylation is 7. The second-order valence-corrected chi connectivity index (χ2v) is 34.6. The van der Waals surface area contributed by atoms with Crippen LogP contribution in [0.3, 0.4) is 0 Å². The van der Waals surface area contributed by atoms with Crippen molar-refractivity contribution in [1.82, 2.24) is 136 Å². The van der Waals surface area contributed by atoms with Crippen molar-refractivity contribution in [2.24, 2.45) is 0 Å². The summed E-state index contributed by atoms with van der Waals surface area (Å²) >= 11 is 0. The molecule has 2 unspecified atom stereocenters. The van der Waals surface area contributed by atoms with E-state index < -0.39 is 91.8 Å². The summed E-state index contributed by atoms with van der Waals surface area (Å²) in [5, 5.41) is 25.0. The summed E-state index contributed by atoms with van der Waals surface area (Å²) in [6, 6.07) is 23.0. The van der Waals surface area contributed by atoms with Gasteiger partial charge < -0.3 is 5.32 Å². The largest absolute Gasteiger partial charge is 0.416 e. The number of carbonyl (C=O) groups excluding carboxylic acids is 5. The lowest BCUT2D eigenvalue weighted by atomic mass is 10.1. The van der Waals surface area contributed by atoms with E-state index in [1.165, 1.54) is 148 Å². The molecule has 0 spiro atoms. The lowest BCUT2D eigenvalue weighted by molar-refractivity contribution is -0.138. The molecule has 15 rings (SSSR count). The number of hydrazine groups is 4. The van der Waals surface area contributed by atoms with Gasteiger partial charge in [0.05, 0.1) is 51.9 Å². The maximum Gasteiger partial charge on any atom is 0.416 e. The second-order valence-electron chi connectivity index (χ2n) is 31.9. The SMILES string of the molecule is C=S1(=O)CCC(NNC(=O)/C=C\n2cnc(-c3cc(C)cc(C(F)(F)F)c3)n2)C1.Cc1cc(-c2ncn(/C=C/C(=O)NCc3cnccn3)n2)cc(C(F)(F)F)c1.Cc1cc(-c2ncn(/C=C\C(=O)NN3CCCCCC3)n2)cc(C(F)(F)F)c1.Cc1cc(-c2ncn(/C=C\C(=O)NNc3cc(C)nc(C)n3)n2)cc(C(F)(F)F)c1.Cc1cc(-c2ncn(/C=C\C(=O)NNc3ccncc3)n2)cc(C(F)(F)F)c1. The van der Waals surface area contributed by atoms with Gasteiger partial charge in [0, 0.05) is 156 Å². The van der Waals surface area contributed by atoms with Gasteiger partial charge in [-0.2, -0.15) is 65.9 Å². The number of carbonyl (C=O) groups is 5. The van der Waals surface area contributed by atoms with Crippen LogP contribution in [0.25, 0.3) is 87.9 Å². The number of benzene rings is 5. The molecule has 2 aliphatic heterocycles. The molecule has 5 amide bonds. The molecular weight excluding hydrogens is 1920 g/mol. The van der Waals surface area contributed by atoms with Gasteiger partial charge in [0.15, 0.2) is 29.1 Å². The van der Waals surface area contributed by atoms with E-state index in [0.717, 1.165) is 92.3 Å². The number of pyridine rings is 1. The number of alkyl halides is 15. The Hall–Kier alpha value is -16.4. The van der Waals surface area contributed by atoms with E-state index in [1.54, 1.807) is 109 Å². The van der Waals surface area contributed by atoms with E-state index >= 15 is 0 Å². The molecular formula is C92H90F15N29O6S. The second kappa shape index (κ2) is 48.0. The maximum atomic E-state index is 13.0. The molecule has 51 heteroatoms. The van der Waals surface area contributed by atoms with Crippen LogP contribution in [0.15, 0.2) is 202 Å². The van der Waals surface area contributed by atoms with Gasteiger partial charge in [-0.1, -0.05) is 12.8 Å². The van der Waals surface area contributed by atoms with Gasteiger partial charge in [-0.15, -0.1) is 25.5 Å². The number of anilines is 2. The molecule has 0 bridgehead atoms. The fourth-order valence-electron chi connectivity index (χ4n) is 13.3. The van der Waals surface area contributed by atoms with Crippen molar-refractivity contribution in [2.75, 3.05) is 35.4 Å². The number of amides is 5. The fraction of sp³-hybridized carbons (Fsp3) is 0.250. The third-order valence-electron chi connectivity index (χ3n) is 19.7. The summed E-state index contributed by atoms with van der Waals surface area (Å²) in [6.07, 6.45) is 9.94. The van der Waals surface area contributed by atoms with Gasteiger partial charge in [0.2, 0.25) is 5.91 Å². The zero-order chi connectivity index (χ0) is 104. The third-order valence-corrected chi connectivity index (χ3v) is 21.7. The summed E-state index contributed by atoms with van der Waals surface area (Å²) in [5.41, 5.74) is 20.0. The van der Waals surface area contributed by atoms with Crippen LogP contribution < -0.4 is 43.3 Å². The number of halogens is 15. The van der Waals surface area contributed by atoms with E-state index in [0.29, 0.717) is 68.8 Å². The fourth-order valence-corrected chi connectivity index (χ4v) is 15.2. The molecule has 143 heavy (non-hydrogen) atoms. The number of nitrogens with one attached hydrogen (secondary N) is 8. The highest BCUT2D eigenvalue weighted by molar-refractivity contribution is 8.00. The number of hydrogen-bond acceptors (Lipinski definition) is 25. The van der Waals surface area contributed by atoms with Crippen LogP contribution >= 0.6 is 0 Å². The van der Waals surface area contributed by atoms with Gasteiger partial charge in [-0.05, 0) is 214 Å². The highest BCUT2D eigenvalue weighted by Crippen LogP contribution is 2.38. The number of nitrogens with zero attached hydrogens (tertiary/aromatic N) is 21. The maximum absolute atomic E-state index is 13.0. The normalized spacial score (nSPS) is 14.7. The Labute approximate surface area is 805 Å². The molecule has 0 saturated carbocycles. The number of aromatic nitrogens is 20. The molecule has 2 atom stereocenters. The van der Waals surface area contributed by atoms with E-state index in [1.807, 2.05) is 5.01 Å². The summed E-state index contributed by atoms with van der Waals surface area (Å²) in [4.78, 5) is 99.6. The first-order valence-corrected chi connectivity index (χ1v) is 44.9. The summed E-state index contributed by atoms with van der Waals surface area (Å²) in [5.74, 6) is 4.12. The third kappa shape index (κ3) is 34.6. The molecule has 2 aliphatic rings. The van der Waals surface area contributed by atoms with Crippen molar-refractivity contribution >= 4 is 87.4 Å². The van der Waals surface area contributed by atoms with Crippen molar-refractivity contribution in [1.29, 1.82) is 0 Å². The standard InChI is InChI=1S/C19H18F3N7O.C19H22F3N5O.2C18H15F3N6O.C18H20F3N5O2S/c1-11-6-14(9-15(7-11)19(20,21)22)18-23-10-29(28-18)5-4-17(30)27-26-16-8-12(2)24-13(3)25-16;1-14-10-15(12-16(11-14)19(20,21)22)18-23-13-27(25-18)9-6-17(28)24-26-7-4-2-3-5-8-26;1-12-8-13(10-14(9-12)18(19,20)21)17-23-11-27(26-17)7-4-16(28)25-24-15-2-5-22-6-3-15;1-12-6-13(8-14(7-12)18(19,20)21)17-25-11-27(26-17)5-2-16(28)24-10-15-9-22-3-4-23-15;1-12-7-13(9-14(8-12)18(19,20)21)17-22-11-26(25-17)5-3-16(27)24-23-15-4-6-29(2,28)10-15/h4-10H,1-3H3,(H,27,30)(H,24,25,26);6,9-13H,2-5,7-8H2,1H3,(H,24,28);2-11H,1H3,(H,22,24)(H,25,28);2-9,11H,10H2,1H3,(H,24,28);3,5,7-9,11,15,23H,2,4,6,10H2,1H3,(H,24,27)/b5-4-;9-6-;7-4-;5-2+;5-3-. The van der Waals surface area contributed by atoms with E-state index in [9.17, 15) is 94.0 Å². The predicted octanol–water partition coefficient (Wildman–Crippen LogP) is 14.9. The van der Waals surface area contributed by atoms with Gasteiger partial charge in [-0.3, -0.25) is 75.7 Å². The molecule has 8 N–H and O–H groups in total. The Morgan fingerprint density at radius 1 is 0.406 bits per heavy atom. The van der Waals surface area contributed by atoms with Crippen LogP contribution in [-0.4, -0.2) is 174 Å². The Morgan fingerprint density at radius 3 is 1.09 bits per heavy atom. The van der Waals surface area contributed by atoms with E-state index in [2.05, 4.69) is 125 Å². The van der Waals surface area contributed by atoms with Crippen molar-refractivity contribution in [2.45, 2.75) is 124 Å². The average Bonchev–Trinajstić information content (AvgIpc) is 1.71. The van der Waals surface area contributed by atoms with Gasteiger partial charge in [0.1, 0.15) is 43.3 Å². The number of hydrogen-bond donors (Lipinski definition) is 8. The Morgan fingerprint density at radius 2 is 0.755 bits per heavy atom. The lowest BCUT2D eigenvalue weighted by Crippen LogP contribution is -2.44. The zero-order valence-corrected chi connectivity index (χ0v) is 77.5. The van der Waals surface area contributed by atoms with Gasteiger partial charge in [-0.25, -0.2) is 68.7 Å². The highest BCUT2D eigenvalue weighted by Gasteiger charge is 2.36. The highest BCUT2D eigenvalue weighted by atomic mass is 32.2.